The normalized spacial score (nSPS) is 20.8. The van der Waals surface area contributed by atoms with Crippen molar-refractivity contribution in [3.8, 4) is 22.4 Å². The number of hydrogen-bond acceptors (Lipinski definition) is 4. The third kappa shape index (κ3) is 3.96. The van der Waals surface area contributed by atoms with Crippen LogP contribution in [0.1, 0.15) is 5.69 Å². The lowest BCUT2D eigenvalue weighted by molar-refractivity contribution is 0.720. The lowest BCUT2D eigenvalue weighted by atomic mass is 10.0. The molecule has 2 N–H and O–H groups in total. The summed E-state index contributed by atoms with van der Waals surface area (Å²) in [6, 6.07) is 18.0. The van der Waals surface area contributed by atoms with E-state index in [-0.39, 0.29) is 24.8 Å². The van der Waals surface area contributed by atoms with Gasteiger partial charge in [0, 0.05) is 41.5 Å². The van der Waals surface area contributed by atoms with Crippen LogP contribution < -0.4 is 10.6 Å². The molecular weight excluding hydrogens is 500 g/mol. The third-order valence-electron chi connectivity index (χ3n) is 6.54. The van der Waals surface area contributed by atoms with Gasteiger partial charge in [-0.05, 0) is 42.5 Å². The molecule has 1 saturated heterocycles. The molecule has 172 valence electrons. The van der Waals surface area contributed by atoms with Gasteiger partial charge in [-0.3, -0.25) is 0 Å². The molecule has 2 fully saturated rings. The van der Waals surface area contributed by atoms with Crippen molar-refractivity contribution in [1.29, 1.82) is 0 Å². The van der Waals surface area contributed by atoms with Gasteiger partial charge in [-0.15, -0.1) is 24.8 Å². The lowest BCUT2D eigenvalue weighted by Gasteiger charge is -2.22. The Morgan fingerprint density at radius 2 is 1.64 bits per heavy atom. The van der Waals surface area contributed by atoms with Crippen molar-refractivity contribution in [1.82, 2.24) is 14.6 Å². The molecule has 0 bridgehead atoms. The van der Waals surface area contributed by atoms with E-state index in [1.807, 2.05) is 60.0 Å². The summed E-state index contributed by atoms with van der Waals surface area (Å²) in [7, 11) is 0. The standard InChI is InChI=1S/C24H21Cl2N5.2ClH/c1-13-10-20(30-11-17-18(12-30)22(17)27)31-24(28-13)21(14-6-8-15(25)9-7-14)23(29-31)16-4-2-3-5-19(16)26;;/h2-10,17-18,22H,11-12,27H2,1H3;2*1H/t17-,18+,22?;;. The predicted molar refractivity (Wildman–Crippen MR) is 140 cm³/mol. The zero-order chi connectivity index (χ0) is 21.3. The molecule has 0 radical (unpaired) electrons. The quantitative estimate of drug-likeness (QED) is 0.363. The van der Waals surface area contributed by atoms with Crippen LogP contribution in [0, 0.1) is 18.8 Å². The molecule has 6 rings (SSSR count). The maximum atomic E-state index is 6.60. The summed E-state index contributed by atoms with van der Waals surface area (Å²) < 4.78 is 1.96. The second kappa shape index (κ2) is 8.97. The summed E-state index contributed by atoms with van der Waals surface area (Å²) in [5.41, 5.74) is 11.6. The summed E-state index contributed by atoms with van der Waals surface area (Å²) in [6.45, 7) is 3.95. The van der Waals surface area contributed by atoms with E-state index in [9.17, 15) is 0 Å². The van der Waals surface area contributed by atoms with E-state index in [0.29, 0.717) is 27.9 Å². The Bertz CT molecular complexity index is 1310. The summed E-state index contributed by atoms with van der Waals surface area (Å²) in [4.78, 5) is 7.28. The van der Waals surface area contributed by atoms with Crippen LogP contribution in [0.4, 0.5) is 5.82 Å². The van der Waals surface area contributed by atoms with E-state index in [1.54, 1.807) is 0 Å². The summed E-state index contributed by atoms with van der Waals surface area (Å²) in [5, 5.41) is 6.40. The van der Waals surface area contributed by atoms with Crippen molar-refractivity contribution >= 4 is 59.5 Å². The molecule has 1 saturated carbocycles. The van der Waals surface area contributed by atoms with Crippen LogP contribution >= 0.6 is 48.0 Å². The molecule has 1 unspecified atom stereocenters. The van der Waals surface area contributed by atoms with Crippen LogP contribution in [0.2, 0.25) is 10.0 Å². The predicted octanol–water partition coefficient (Wildman–Crippen LogP) is 5.92. The molecular formula is C24H23Cl4N5. The van der Waals surface area contributed by atoms with Crippen LogP contribution in [-0.2, 0) is 0 Å². The highest BCUT2D eigenvalue weighted by Crippen LogP contribution is 2.46. The Balaban J connectivity index is 0.00000130. The highest BCUT2D eigenvalue weighted by molar-refractivity contribution is 6.33. The maximum absolute atomic E-state index is 6.60. The van der Waals surface area contributed by atoms with Gasteiger partial charge in [-0.25, -0.2) is 4.98 Å². The highest BCUT2D eigenvalue weighted by atomic mass is 35.5. The summed E-state index contributed by atoms with van der Waals surface area (Å²) in [5.74, 6) is 2.21. The Hall–Kier alpha value is -2.02. The molecule has 4 aromatic rings. The van der Waals surface area contributed by atoms with Gasteiger partial charge in [0.25, 0.3) is 0 Å². The number of piperidine rings is 1. The minimum atomic E-state index is 0. The first-order valence-corrected chi connectivity index (χ1v) is 11.2. The molecule has 3 heterocycles. The van der Waals surface area contributed by atoms with Crippen molar-refractivity contribution in [2.45, 2.75) is 13.0 Å². The zero-order valence-electron chi connectivity index (χ0n) is 17.8. The Morgan fingerprint density at radius 1 is 0.970 bits per heavy atom. The van der Waals surface area contributed by atoms with Crippen LogP contribution in [0.15, 0.2) is 54.6 Å². The van der Waals surface area contributed by atoms with E-state index < -0.39 is 0 Å². The fourth-order valence-electron chi connectivity index (χ4n) is 4.83. The van der Waals surface area contributed by atoms with Crippen LogP contribution in [0.3, 0.4) is 0 Å². The number of rotatable bonds is 3. The van der Waals surface area contributed by atoms with Gasteiger partial charge in [-0.2, -0.15) is 9.61 Å². The van der Waals surface area contributed by atoms with Crippen LogP contribution in [-0.4, -0.2) is 33.7 Å². The maximum Gasteiger partial charge on any atom is 0.166 e. The molecule has 2 aromatic heterocycles. The molecule has 3 atom stereocenters. The number of nitrogens with two attached hydrogens (primary N) is 1. The highest BCUT2D eigenvalue weighted by Gasteiger charge is 2.54. The average Bonchev–Trinajstić information content (AvgIpc) is 3.12. The fraction of sp³-hybridized carbons (Fsp3) is 0.250. The van der Waals surface area contributed by atoms with Crippen LogP contribution in [0.5, 0.6) is 0 Å². The molecule has 1 aliphatic carbocycles. The number of anilines is 1. The molecule has 2 aromatic carbocycles. The largest absolute Gasteiger partial charge is 0.356 e. The summed E-state index contributed by atoms with van der Waals surface area (Å²) in [6.07, 6.45) is 0. The monoisotopic (exact) mass is 521 g/mol. The molecule has 2 aliphatic rings. The van der Waals surface area contributed by atoms with Gasteiger partial charge in [0.05, 0.1) is 10.6 Å². The Labute approximate surface area is 214 Å². The number of hydrogen-bond donors (Lipinski definition) is 1. The smallest absolute Gasteiger partial charge is 0.166 e. The third-order valence-corrected chi connectivity index (χ3v) is 7.13. The topological polar surface area (TPSA) is 59.5 Å². The minimum absolute atomic E-state index is 0. The first kappa shape index (κ1) is 24.1. The molecule has 5 nitrogen and oxygen atoms in total. The SMILES string of the molecule is Cc1cc(N2C[C@@H]3C(N)[C@@H]3C2)n2nc(-c3ccccc3Cl)c(-c3ccc(Cl)cc3)c2n1.Cl.Cl. The lowest BCUT2D eigenvalue weighted by Crippen LogP contribution is -2.29. The Morgan fingerprint density at radius 3 is 2.30 bits per heavy atom. The van der Waals surface area contributed by atoms with Gasteiger partial charge < -0.3 is 10.6 Å². The van der Waals surface area contributed by atoms with Crippen LogP contribution in [0.25, 0.3) is 28.0 Å². The Kier molecular flexibility index (Phi) is 6.56. The van der Waals surface area contributed by atoms with E-state index in [4.69, 9.17) is 39.0 Å². The summed E-state index contributed by atoms with van der Waals surface area (Å²) >= 11 is 12.8. The molecule has 1 aliphatic heterocycles. The molecule has 0 spiro atoms. The van der Waals surface area contributed by atoms with Gasteiger partial charge in [0.2, 0.25) is 0 Å². The first-order chi connectivity index (χ1) is 15.0. The molecule has 0 amide bonds. The number of aryl methyl sites for hydroxylation is 1. The second-order valence-corrected chi connectivity index (χ2v) is 9.36. The first-order valence-electron chi connectivity index (χ1n) is 10.4. The number of aromatic nitrogens is 3. The number of nitrogens with zero attached hydrogens (tertiary/aromatic N) is 4. The van der Waals surface area contributed by atoms with Crippen molar-refractivity contribution < 1.29 is 0 Å². The number of fused-ring (bicyclic) bond motifs is 2. The fourth-order valence-corrected chi connectivity index (χ4v) is 5.18. The van der Waals surface area contributed by atoms with E-state index in [0.717, 1.165) is 52.6 Å². The average molecular weight is 523 g/mol. The van der Waals surface area contributed by atoms with Crippen molar-refractivity contribution in [3.05, 3.63) is 70.3 Å². The van der Waals surface area contributed by atoms with E-state index >= 15 is 0 Å². The van der Waals surface area contributed by atoms with Gasteiger partial charge in [0.1, 0.15) is 11.5 Å². The second-order valence-electron chi connectivity index (χ2n) is 8.51. The molecule has 33 heavy (non-hydrogen) atoms. The van der Waals surface area contributed by atoms with Crippen molar-refractivity contribution in [2.75, 3.05) is 18.0 Å². The van der Waals surface area contributed by atoms with Gasteiger partial charge >= 0.3 is 0 Å². The zero-order valence-corrected chi connectivity index (χ0v) is 20.9. The van der Waals surface area contributed by atoms with E-state index in [1.165, 1.54) is 0 Å². The number of halogens is 4. The van der Waals surface area contributed by atoms with Gasteiger partial charge in [-0.1, -0.05) is 53.5 Å². The van der Waals surface area contributed by atoms with Crippen molar-refractivity contribution in [2.24, 2.45) is 17.6 Å². The number of benzene rings is 2. The van der Waals surface area contributed by atoms with Crippen molar-refractivity contribution in [3.63, 3.8) is 0 Å². The van der Waals surface area contributed by atoms with Gasteiger partial charge in [0.15, 0.2) is 5.65 Å². The van der Waals surface area contributed by atoms with E-state index in [2.05, 4.69) is 11.0 Å². The molecule has 9 heteroatoms. The minimum Gasteiger partial charge on any atom is -0.356 e.